The minimum atomic E-state index is -3.64. The van der Waals surface area contributed by atoms with E-state index in [9.17, 15) is 24.1 Å². The Kier molecular flexibility index (Phi) is 13.5. The number of rotatable bonds is 16. The predicted molar refractivity (Wildman–Crippen MR) is 172 cm³/mol. The summed E-state index contributed by atoms with van der Waals surface area (Å²) < 4.78 is 28.3. The SMILES string of the molecule is COP(=O)(C[C@@H](O)[C@H](Cc1ccccc1)NC(=O)[C@@H](Cc1cnc[nH]1)NC(=O)[C@H](Cc1ccccc1)NC(=O)OC(C)(C)C)OC. The third-order valence-electron chi connectivity index (χ3n) is 6.96. The summed E-state index contributed by atoms with van der Waals surface area (Å²) in [6, 6.07) is 15.1. The second-order valence-electron chi connectivity index (χ2n) is 11.8. The fourth-order valence-corrected chi connectivity index (χ4v) is 5.78. The van der Waals surface area contributed by atoms with Gasteiger partial charge in [0, 0.05) is 39.0 Å². The van der Waals surface area contributed by atoms with Crippen LogP contribution in [0.1, 0.15) is 37.6 Å². The number of carbonyl (C=O) groups is 3. The highest BCUT2D eigenvalue weighted by atomic mass is 31.2. The highest BCUT2D eigenvalue weighted by Crippen LogP contribution is 2.47. The second-order valence-corrected chi connectivity index (χ2v) is 14.1. The predicted octanol–water partition coefficient (Wildman–Crippen LogP) is 3.15. The number of aliphatic hydroxyl groups excluding tert-OH is 1. The van der Waals surface area contributed by atoms with Gasteiger partial charge in [-0.25, -0.2) is 9.78 Å². The highest BCUT2D eigenvalue weighted by molar-refractivity contribution is 7.53. The Balaban J connectivity index is 1.88. The van der Waals surface area contributed by atoms with Crippen LogP contribution in [0.3, 0.4) is 0 Å². The molecule has 250 valence electrons. The number of nitrogens with zero attached hydrogens (tertiary/aromatic N) is 1. The molecular weight excluding hydrogens is 613 g/mol. The van der Waals surface area contributed by atoms with Crippen molar-refractivity contribution in [3.63, 3.8) is 0 Å². The minimum absolute atomic E-state index is 0.0187. The van der Waals surface area contributed by atoms with Gasteiger partial charge in [-0.15, -0.1) is 0 Å². The first-order valence-corrected chi connectivity index (χ1v) is 16.6. The van der Waals surface area contributed by atoms with Crippen LogP contribution < -0.4 is 16.0 Å². The van der Waals surface area contributed by atoms with Gasteiger partial charge in [0.15, 0.2) is 0 Å². The van der Waals surface area contributed by atoms with Gasteiger partial charge in [0.1, 0.15) is 17.7 Å². The van der Waals surface area contributed by atoms with Gasteiger partial charge in [-0.1, -0.05) is 60.7 Å². The van der Waals surface area contributed by atoms with Crippen molar-refractivity contribution in [2.45, 2.75) is 69.9 Å². The molecule has 4 atom stereocenters. The first kappa shape index (κ1) is 36.4. The zero-order valence-electron chi connectivity index (χ0n) is 26.8. The lowest BCUT2D eigenvalue weighted by Crippen LogP contribution is -2.58. The molecule has 1 aromatic heterocycles. The molecule has 3 amide bonds. The Morgan fingerprint density at radius 2 is 1.39 bits per heavy atom. The zero-order valence-corrected chi connectivity index (χ0v) is 27.7. The van der Waals surface area contributed by atoms with Crippen molar-refractivity contribution < 1.29 is 37.8 Å². The molecule has 0 spiro atoms. The van der Waals surface area contributed by atoms with E-state index < -0.39 is 55.3 Å². The van der Waals surface area contributed by atoms with Gasteiger partial charge in [0.05, 0.1) is 24.6 Å². The minimum Gasteiger partial charge on any atom is -0.444 e. The quantitative estimate of drug-likeness (QED) is 0.145. The van der Waals surface area contributed by atoms with E-state index in [1.54, 1.807) is 20.8 Å². The van der Waals surface area contributed by atoms with Gasteiger partial charge >= 0.3 is 13.7 Å². The third kappa shape index (κ3) is 12.1. The Hall–Kier alpha value is -4.03. The number of amides is 3. The molecule has 0 radical (unpaired) electrons. The van der Waals surface area contributed by atoms with Crippen molar-refractivity contribution in [2.75, 3.05) is 20.4 Å². The smallest absolute Gasteiger partial charge is 0.408 e. The van der Waals surface area contributed by atoms with E-state index in [-0.39, 0.29) is 25.4 Å². The molecule has 0 unspecified atom stereocenters. The molecule has 0 aliphatic carbocycles. The molecule has 1 heterocycles. The van der Waals surface area contributed by atoms with Crippen LogP contribution in [-0.2, 0) is 47.2 Å². The maximum absolute atomic E-state index is 13.9. The summed E-state index contributed by atoms with van der Waals surface area (Å²) >= 11 is 0. The number of benzene rings is 2. The standard InChI is InChI=1S/C32H44N5O8P/c1-32(2,3)45-31(41)37-26(17-23-14-10-7-11-15-23)29(39)36-27(18-24-19-33-21-34-24)30(40)35-25(16-22-12-8-6-9-13-22)28(38)20-46(42,43-4)44-5/h6-15,19,21,25-28,38H,16-18,20H2,1-5H3,(H,33,34)(H,35,40)(H,36,39)(H,37,41)/t25-,26-,27+,28+/m0/s1. The number of H-pyrrole nitrogens is 1. The van der Waals surface area contributed by atoms with Gasteiger partial charge in [0.2, 0.25) is 11.8 Å². The number of imidazole rings is 1. The lowest BCUT2D eigenvalue weighted by atomic mass is 10.0. The zero-order chi connectivity index (χ0) is 33.7. The van der Waals surface area contributed by atoms with E-state index in [0.29, 0.717) is 5.69 Å². The van der Waals surface area contributed by atoms with Crippen LogP contribution in [0.25, 0.3) is 0 Å². The molecule has 46 heavy (non-hydrogen) atoms. The molecule has 0 fully saturated rings. The Labute approximate surface area is 269 Å². The summed E-state index contributed by atoms with van der Waals surface area (Å²) in [5, 5.41) is 19.4. The molecule has 13 nitrogen and oxygen atoms in total. The van der Waals surface area contributed by atoms with E-state index in [1.165, 1.54) is 26.7 Å². The Morgan fingerprint density at radius 3 is 1.91 bits per heavy atom. The van der Waals surface area contributed by atoms with Crippen LogP contribution >= 0.6 is 7.60 Å². The molecule has 0 aliphatic rings. The summed E-state index contributed by atoms with van der Waals surface area (Å²) in [5.41, 5.74) is 1.34. The fraction of sp³-hybridized carbons (Fsp3) is 0.438. The van der Waals surface area contributed by atoms with E-state index in [4.69, 9.17) is 13.8 Å². The largest absolute Gasteiger partial charge is 0.444 e. The van der Waals surface area contributed by atoms with Crippen LogP contribution in [0, 0.1) is 0 Å². The van der Waals surface area contributed by atoms with Gasteiger partial charge in [-0.2, -0.15) is 0 Å². The number of hydrogen-bond acceptors (Lipinski definition) is 9. The Bertz CT molecular complexity index is 1430. The van der Waals surface area contributed by atoms with Crippen molar-refractivity contribution in [2.24, 2.45) is 0 Å². The molecule has 5 N–H and O–H groups in total. The van der Waals surface area contributed by atoms with E-state index in [2.05, 4.69) is 25.9 Å². The van der Waals surface area contributed by atoms with Crippen molar-refractivity contribution in [1.29, 1.82) is 0 Å². The van der Waals surface area contributed by atoms with Crippen molar-refractivity contribution in [1.82, 2.24) is 25.9 Å². The summed E-state index contributed by atoms with van der Waals surface area (Å²) in [7, 11) is -1.21. The topological polar surface area (TPSA) is 181 Å². The van der Waals surface area contributed by atoms with Crippen LogP contribution in [0.15, 0.2) is 73.2 Å². The number of carbonyl (C=O) groups excluding carboxylic acids is 3. The first-order valence-electron chi connectivity index (χ1n) is 14.8. The third-order valence-corrected chi connectivity index (χ3v) is 8.89. The Morgan fingerprint density at radius 1 is 0.848 bits per heavy atom. The summed E-state index contributed by atoms with van der Waals surface area (Å²) in [4.78, 5) is 47.3. The molecular formula is C32H44N5O8P. The average molecular weight is 658 g/mol. The van der Waals surface area contributed by atoms with Crippen LogP contribution in [0.2, 0.25) is 0 Å². The molecule has 0 saturated carbocycles. The number of alkyl carbamates (subject to hydrolysis) is 1. The molecule has 14 heteroatoms. The van der Waals surface area contributed by atoms with Crippen molar-refractivity contribution in [3.8, 4) is 0 Å². The number of hydrogen-bond donors (Lipinski definition) is 5. The van der Waals surface area contributed by atoms with Crippen LogP contribution in [0.4, 0.5) is 4.79 Å². The van der Waals surface area contributed by atoms with Crippen molar-refractivity contribution >= 4 is 25.5 Å². The molecule has 3 rings (SSSR count). The van der Waals surface area contributed by atoms with Gasteiger partial charge in [-0.05, 0) is 38.3 Å². The molecule has 3 aromatic rings. The number of aliphatic hydroxyl groups is 1. The summed E-state index contributed by atoms with van der Waals surface area (Å²) in [5.74, 6) is -1.25. The summed E-state index contributed by atoms with van der Waals surface area (Å²) in [6.07, 6.45) is 0.799. The van der Waals surface area contributed by atoms with Gasteiger partial charge in [-0.3, -0.25) is 14.2 Å². The van der Waals surface area contributed by atoms with E-state index >= 15 is 0 Å². The van der Waals surface area contributed by atoms with E-state index in [0.717, 1.165) is 11.1 Å². The molecule has 0 bridgehead atoms. The number of ether oxygens (including phenoxy) is 1. The second kappa shape index (κ2) is 17.0. The average Bonchev–Trinajstić information content (AvgIpc) is 3.53. The number of aromatic amines is 1. The highest BCUT2D eigenvalue weighted by Gasteiger charge is 2.34. The van der Waals surface area contributed by atoms with Gasteiger partial charge in [0.25, 0.3) is 0 Å². The normalized spacial score (nSPS) is 14.4. The van der Waals surface area contributed by atoms with Crippen molar-refractivity contribution in [3.05, 3.63) is 90.0 Å². The monoisotopic (exact) mass is 657 g/mol. The maximum Gasteiger partial charge on any atom is 0.408 e. The number of nitrogens with one attached hydrogen (secondary N) is 4. The van der Waals surface area contributed by atoms with Gasteiger partial charge < -0.3 is 39.8 Å². The molecule has 0 saturated heterocycles. The van der Waals surface area contributed by atoms with Crippen LogP contribution in [0.5, 0.6) is 0 Å². The lowest BCUT2D eigenvalue weighted by molar-refractivity contribution is -0.130. The first-order chi connectivity index (χ1) is 21.8. The maximum atomic E-state index is 13.9. The summed E-state index contributed by atoms with van der Waals surface area (Å²) in [6.45, 7) is 5.13. The lowest BCUT2D eigenvalue weighted by Gasteiger charge is -2.29. The van der Waals surface area contributed by atoms with Crippen LogP contribution in [-0.4, -0.2) is 83.2 Å². The molecule has 0 aliphatic heterocycles. The molecule has 2 aromatic carbocycles. The number of aromatic nitrogens is 2. The van der Waals surface area contributed by atoms with E-state index in [1.807, 2.05) is 60.7 Å². The fourth-order valence-electron chi connectivity index (χ4n) is 4.62.